The smallest absolute Gasteiger partial charge is 0.339 e. The summed E-state index contributed by atoms with van der Waals surface area (Å²) in [6, 6.07) is 2.58. The van der Waals surface area contributed by atoms with Crippen LogP contribution in [0.25, 0.3) is 11.4 Å². The highest BCUT2D eigenvalue weighted by Gasteiger charge is 2.34. The Labute approximate surface area is 99.4 Å². The van der Waals surface area contributed by atoms with E-state index in [1.807, 2.05) is 0 Å². The second-order valence-electron chi connectivity index (χ2n) is 3.56. The third-order valence-electron chi connectivity index (χ3n) is 2.30. The van der Waals surface area contributed by atoms with Gasteiger partial charge in [-0.15, -0.1) is 0 Å². The second-order valence-corrected chi connectivity index (χ2v) is 3.56. The average Bonchev–Trinajstić information content (AvgIpc) is 2.76. The lowest BCUT2D eigenvalue weighted by molar-refractivity contribution is -0.139. The number of benzene rings is 1. The molecule has 1 aromatic heterocycles. The van der Waals surface area contributed by atoms with Gasteiger partial charge >= 0.3 is 6.18 Å². The molecule has 0 unspecified atom stereocenters. The van der Waals surface area contributed by atoms with E-state index in [2.05, 4.69) is 10.1 Å². The van der Waals surface area contributed by atoms with E-state index in [9.17, 15) is 17.6 Å². The predicted octanol–water partition coefficient (Wildman–Crippen LogP) is 3.46. The van der Waals surface area contributed by atoms with Crippen molar-refractivity contribution in [1.82, 2.24) is 10.1 Å². The monoisotopic (exact) mass is 260 g/mol. The van der Waals surface area contributed by atoms with Gasteiger partial charge in [-0.2, -0.15) is 18.2 Å². The highest BCUT2D eigenvalue weighted by molar-refractivity contribution is 5.56. The highest BCUT2D eigenvalue weighted by atomic mass is 19.4. The van der Waals surface area contributed by atoms with E-state index in [1.165, 1.54) is 6.07 Å². The van der Waals surface area contributed by atoms with Crippen molar-refractivity contribution in [3.05, 3.63) is 35.5 Å². The minimum absolute atomic E-state index is 0.0114. The van der Waals surface area contributed by atoms with E-state index in [1.54, 1.807) is 6.92 Å². The van der Waals surface area contributed by atoms with Gasteiger partial charge in [-0.3, -0.25) is 0 Å². The molecule has 0 spiro atoms. The maximum absolute atomic E-state index is 13.1. The Balaban J connectivity index is 2.47. The topological polar surface area (TPSA) is 38.9 Å². The van der Waals surface area contributed by atoms with Crippen molar-refractivity contribution in [2.75, 3.05) is 0 Å². The summed E-state index contributed by atoms with van der Waals surface area (Å²) in [5.74, 6) is -1.01. The van der Waals surface area contributed by atoms with Gasteiger partial charge in [-0.1, -0.05) is 12.1 Å². The fourth-order valence-electron chi connectivity index (χ4n) is 1.40. The second kappa shape index (κ2) is 4.40. The fourth-order valence-corrected chi connectivity index (χ4v) is 1.40. The van der Waals surface area contributed by atoms with Crippen molar-refractivity contribution in [2.45, 2.75) is 19.5 Å². The zero-order chi connectivity index (χ0) is 13.3. The largest absolute Gasteiger partial charge is 0.419 e. The van der Waals surface area contributed by atoms with Crippen molar-refractivity contribution in [3.63, 3.8) is 0 Å². The van der Waals surface area contributed by atoms with Gasteiger partial charge in [0.1, 0.15) is 5.82 Å². The molecule has 18 heavy (non-hydrogen) atoms. The van der Waals surface area contributed by atoms with E-state index in [-0.39, 0.29) is 11.4 Å². The van der Waals surface area contributed by atoms with E-state index in [4.69, 9.17) is 4.52 Å². The molecule has 0 aliphatic heterocycles. The minimum Gasteiger partial charge on any atom is -0.339 e. The van der Waals surface area contributed by atoms with Crippen molar-refractivity contribution in [2.24, 2.45) is 0 Å². The maximum atomic E-state index is 13.1. The minimum atomic E-state index is -4.75. The van der Waals surface area contributed by atoms with Gasteiger partial charge < -0.3 is 4.52 Å². The first kappa shape index (κ1) is 12.5. The molecule has 0 N–H and O–H groups in total. The summed E-state index contributed by atoms with van der Waals surface area (Å²) < 4.78 is 55.4. The SMILES string of the molecule is CCc1nc(-c2ccc(F)c(C(F)(F)F)c2)no1. The fraction of sp³-hybridized carbons (Fsp3) is 0.273. The quantitative estimate of drug-likeness (QED) is 0.776. The summed E-state index contributed by atoms with van der Waals surface area (Å²) in [4.78, 5) is 3.88. The van der Waals surface area contributed by atoms with Gasteiger partial charge in [0.2, 0.25) is 11.7 Å². The lowest BCUT2D eigenvalue weighted by atomic mass is 10.1. The number of nitrogens with zero attached hydrogens (tertiary/aromatic N) is 2. The van der Waals surface area contributed by atoms with Crippen LogP contribution in [0.5, 0.6) is 0 Å². The molecular formula is C11H8F4N2O. The predicted molar refractivity (Wildman–Crippen MR) is 54.1 cm³/mol. The average molecular weight is 260 g/mol. The third kappa shape index (κ3) is 2.34. The van der Waals surface area contributed by atoms with Gasteiger partial charge in [-0.05, 0) is 18.2 Å². The molecule has 0 atom stereocenters. The maximum Gasteiger partial charge on any atom is 0.419 e. The van der Waals surface area contributed by atoms with Crippen LogP contribution in [-0.4, -0.2) is 10.1 Å². The normalized spacial score (nSPS) is 11.8. The first-order valence-electron chi connectivity index (χ1n) is 5.11. The number of aryl methyl sites for hydroxylation is 1. The van der Waals surface area contributed by atoms with E-state index in [0.717, 1.165) is 6.07 Å². The van der Waals surface area contributed by atoms with Crippen molar-refractivity contribution in [1.29, 1.82) is 0 Å². The van der Waals surface area contributed by atoms with Gasteiger partial charge in [0.15, 0.2) is 0 Å². The lowest BCUT2D eigenvalue weighted by Gasteiger charge is -2.08. The number of alkyl halides is 3. The van der Waals surface area contributed by atoms with Gasteiger partial charge in [0, 0.05) is 12.0 Å². The van der Waals surface area contributed by atoms with Gasteiger partial charge in [-0.25, -0.2) is 4.39 Å². The molecule has 0 aliphatic rings. The summed E-state index contributed by atoms with van der Waals surface area (Å²) in [6.07, 6.45) is -4.28. The zero-order valence-electron chi connectivity index (χ0n) is 9.25. The van der Waals surface area contributed by atoms with Crippen LogP contribution in [0, 0.1) is 5.82 Å². The van der Waals surface area contributed by atoms with Crippen LogP contribution >= 0.6 is 0 Å². The van der Waals surface area contributed by atoms with E-state index in [0.29, 0.717) is 18.4 Å². The van der Waals surface area contributed by atoms with Crippen LogP contribution in [0.1, 0.15) is 18.4 Å². The molecule has 0 saturated heterocycles. The molecule has 0 fully saturated rings. The van der Waals surface area contributed by atoms with Crippen LogP contribution in [0.4, 0.5) is 17.6 Å². The van der Waals surface area contributed by atoms with Crippen LogP contribution in [0.2, 0.25) is 0 Å². The van der Waals surface area contributed by atoms with E-state index < -0.39 is 17.6 Å². The Morgan fingerprint density at radius 3 is 2.56 bits per heavy atom. The summed E-state index contributed by atoms with van der Waals surface area (Å²) in [5, 5.41) is 3.53. The zero-order valence-corrected chi connectivity index (χ0v) is 9.25. The van der Waals surface area contributed by atoms with Crippen molar-refractivity contribution in [3.8, 4) is 11.4 Å². The molecular weight excluding hydrogens is 252 g/mol. The molecule has 0 bridgehead atoms. The van der Waals surface area contributed by atoms with Crippen molar-refractivity contribution < 1.29 is 22.1 Å². The molecule has 0 amide bonds. The lowest BCUT2D eigenvalue weighted by Crippen LogP contribution is -2.08. The molecule has 1 heterocycles. The molecule has 96 valence electrons. The molecule has 0 saturated carbocycles. The molecule has 2 aromatic rings. The van der Waals surface area contributed by atoms with E-state index >= 15 is 0 Å². The summed E-state index contributed by atoms with van der Waals surface area (Å²) >= 11 is 0. The Morgan fingerprint density at radius 2 is 2.00 bits per heavy atom. The number of rotatable bonds is 2. The standard InChI is InChI=1S/C11H8F4N2O/c1-2-9-16-10(17-18-9)6-3-4-8(12)7(5-6)11(13,14)15/h3-5H,2H2,1H3. The Morgan fingerprint density at radius 1 is 1.28 bits per heavy atom. The van der Waals surface area contributed by atoms with Gasteiger partial charge in [0.25, 0.3) is 0 Å². The highest BCUT2D eigenvalue weighted by Crippen LogP contribution is 2.33. The Bertz CT molecular complexity index is 562. The number of hydrogen-bond donors (Lipinski definition) is 0. The number of hydrogen-bond acceptors (Lipinski definition) is 3. The van der Waals surface area contributed by atoms with Gasteiger partial charge in [0.05, 0.1) is 5.56 Å². The third-order valence-corrected chi connectivity index (χ3v) is 2.30. The molecule has 3 nitrogen and oxygen atoms in total. The summed E-state index contributed by atoms with van der Waals surface area (Å²) in [7, 11) is 0. The van der Waals surface area contributed by atoms with Crippen LogP contribution in [0.3, 0.4) is 0 Å². The van der Waals surface area contributed by atoms with Crippen LogP contribution in [-0.2, 0) is 12.6 Å². The Hall–Kier alpha value is -1.92. The van der Waals surface area contributed by atoms with Crippen LogP contribution in [0.15, 0.2) is 22.7 Å². The first-order chi connectivity index (χ1) is 8.41. The number of aromatic nitrogens is 2. The summed E-state index contributed by atoms with van der Waals surface area (Å²) in [6.45, 7) is 1.77. The molecule has 1 aromatic carbocycles. The Kier molecular flexibility index (Phi) is 3.06. The van der Waals surface area contributed by atoms with Crippen LogP contribution < -0.4 is 0 Å². The molecule has 0 radical (unpaired) electrons. The number of halogens is 4. The molecule has 7 heteroatoms. The first-order valence-corrected chi connectivity index (χ1v) is 5.11. The molecule has 0 aliphatic carbocycles. The molecule has 2 rings (SSSR count). The summed E-state index contributed by atoms with van der Waals surface area (Å²) in [5.41, 5.74) is -1.28. The van der Waals surface area contributed by atoms with Crippen molar-refractivity contribution >= 4 is 0 Å².